The van der Waals surface area contributed by atoms with Crippen molar-refractivity contribution in [3.63, 3.8) is 0 Å². The topological polar surface area (TPSA) is 20.3 Å². The zero-order valence-corrected chi connectivity index (χ0v) is 11.7. The van der Waals surface area contributed by atoms with Gasteiger partial charge in [-0.3, -0.25) is 9.69 Å². The van der Waals surface area contributed by atoms with Crippen molar-refractivity contribution >= 4 is 5.78 Å². The molecule has 1 aliphatic carbocycles. The van der Waals surface area contributed by atoms with Gasteiger partial charge in [-0.1, -0.05) is 26.7 Å². The van der Waals surface area contributed by atoms with Crippen molar-refractivity contribution in [2.45, 2.75) is 65.3 Å². The highest BCUT2D eigenvalue weighted by atomic mass is 16.1. The molecule has 17 heavy (non-hydrogen) atoms. The van der Waals surface area contributed by atoms with E-state index in [9.17, 15) is 4.79 Å². The molecule has 0 aromatic heterocycles. The second-order valence-electron chi connectivity index (χ2n) is 6.66. The minimum Gasteiger partial charge on any atom is -0.299 e. The van der Waals surface area contributed by atoms with Crippen LogP contribution < -0.4 is 0 Å². The Labute approximate surface area is 106 Å². The summed E-state index contributed by atoms with van der Waals surface area (Å²) in [4.78, 5) is 14.3. The summed E-state index contributed by atoms with van der Waals surface area (Å²) in [6, 6.07) is 0.774. The van der Waals surface area contributed by atoms with Crippen LogP contribution in [0.2, 0.25) is 0 Å². The second kappa shape index (κ2) is 5.09. The molecule has 0 aromatic rings. The molecular weight excluding hydrogens is 210 g/mol. The third-order valence-corrected chi connectivity index (χ3v) is 4.91. The molecule has 0 bridgehead atoms. The first-order valence-corrected chi connectivity index (χ1v) is 7.26. The standard InChI is InChI=1S/C15H27NO/c1-12(17)15(2,3)11-16-10-6-9-14(16)13-7-4-5-8-13/h13-14H,4-11H2,1-3H3. The Bertz CT molecular complexity index is 279. The fraction of sp³-hybridized carbons (Fsp3) is 0.933. The zero-order chi connectivity index (χ0) is 12.5. The Hall–Kier alpha value is -0.370. The Morgan fingerprint density at radius 1 is 1.18 bits per heavy atom. The molecule has 0 radical (unpaired) electrons. The maximum atomic E-state index is 11.7. The minimum absolute atomic E-state index is 0.165. The summed E-state index contributed by atoms with van der Waals surface area (Å²) in [6.07, 6.45) is 8.37. The summed E-state index contributed by atoms with van der Waals surface area (Å²) >= 11 is 0. The highest BCUT2D eigenvalue weighted by Gasteiger charge is 2.37. The highest BCUT2D eigenvalue weighted by molar-refractivity contribution is 5.81. The molecule has 0 spiro atoms. The van der Waals surface area contributed by atoms with Gasteiger partial charge < -0.3 is 0 Å². The van der Waals surface area contributed by atoms with Gasteiger partial charge in [-0.15, -0.1) is 0 Å². The Balaban J connectivity index is 1.97. The van der Waals surface area contributed by atoms with Crippen LogP contribution in [0.1, 0.15) is 59.3 Å². The van der Waals surface area contributed by atoms with Crippen molar-refractivity contribution in [2.24, 2.45) is 11.3 Å². The number of ketones is 1. The van der Waals surface area contributed by atoms with Crippen molar-refractivity contribution in [2.75, 3.05) is 13.1 Å². The molecule has 1 heterocycles. The van der Waals surface area contributed by atoms with Gasteiger partial charge in [-0.2, -0.15) is 0 Å². The van der Waals surface area contributed by atoms with Crippen LogP contribution in [0, 0.1) is 11.3 Å². The van der Waals surface area contributed by atoms with Gasteiger partial charge in [0.25, 0.3) is 0 Å². The van der Waals surface area contributed by atoms with Gasteiger partial charge in [0.2, 0.25) is 0 Å². The number of likely N-dealkylation sites (tertiary alicyclic amines) is 1. The quantitative estimate of drug-likeness (QED) is 0.748. The Morgan fingerprint density at radius 3 is 2.41 bits per heavy atom. The summed E-state index contributed by atoms with van der Waals surface area (Å²) < 4.78 is 0. The molecule has 0 amide bonds. The van der Waals surface area contributed by atoms with E-state index in [-0.39, 0.29) is 5.41 Å². The molecule has 0 N–H and O–H groups in total. The van der Waals surface area contributed by atoms with E-state index in [1.165, 1.54) is 45.1 Å². The monoisotopic (exact) mass is 237 g/mol. The largest absolute Gasteiger partial charge is 0.299 e. The maximum absolute atomic E-state index is 11.7. The van der Waals surface area contributed by atoms with Crippen molar-refractivity contribution in [1.82, 2.24) is 4.90 Å². The van der Waals surface area contributed by atoms with Crippen LogP contribution in [0.4, 0.5) is 0 Å². The van der Waals surface area contributed by atoms with Crippen molar-refractivity contribution in [1.29, 1.82) is 0 Å². The fourth-order valence-corrected chi connectivity index (χ4v) is 3.54. The lowest BCUT2D eigenvalue weighted by atomic mass is 9.87. The third kappa shape index (κ3) is 2.90. The molecule has 0 aromatic carbocycles. The first-order valence-electron chi connectivity index (χ1n) is 7.26. The number of rotatable bonds is 4. The van der Waals surface area contributed by atoms with E-state index in [1.807, 2.05) is 0 Å². The van der Waals surface area contributed by atoms with E-state index in [1.54, 1.807) is 6.92 Å². The number of hydrogen-bond donors (Lipinski definition) is 0. The van der Waals surface area contributed by atoms with Gasteiger partial charge in [0.15, 0.2) is 0 Å². The molecule has 1 aliphatic heterocycles. The molecular formula is C15H27NO. The van der Waals surface area contributed by atoms with Crippen LogP contribution in [0.25, 0.3) is 0 Å². The van der Waals surface area contributed by atoms with Gasteiger partial charge >= 0.3 is 0 Å². The SMILES string of the molecule is CC(=O)C(C)(C)CN1CCCC1C1CCCC1. The average Bonchev–Trinajstić information content (AvgIpc) is 2.85. The van der Waals surface area contributed by atoms with E-state index in [0.29, 0.717) is 5.78 Å². The summed E-state index contributed by atoms with van der Waals surface area (Å²) in [7, 11) is 0. The lowest BCUT2D eigenvalue weighted by Crippen LogP contribution is -2.43. The van der Waals surface area contributed by atoms with Gasteiger partial charge in [0.05, 0.1) is 0 Å². The Kier molecular flexibility index (Phi) is 3.92. The van der Waals surface area contributed by atoms with Crippen LogP contribution in [-0.2, 0) is 4.79 Å². The molecule has 2 nitrogen and oxygen atoms in total. The van der Waals surface area contributed by atoms with E-state index < -0.39 is 0 Å². The molecule has 2 aliphatic rings. The molecule has 2 rings (SSSR count). The normalized spacial score (nSPS) is 27.8. The van der Waals surface area contributed by atoms with Gasteiger partial charge in [0, 0.05) is 18.0 Å². The van der Waals surface area contributed by atoms with E-state index in [2.05, 4.69) is 18.7 Å². The number of carbonyl (C=O) groups is 1. The molecule has 2 heteroatoms. The van der Waals surface area contributed by atoms with Crippen LogP contribution >= 0.6 is 0 Å². The summed E-state index contributed by atoms with van der Waals surface area (Å²) in [5.74, 6) is 1.25. The fourth-order valence-electron chi connectivity index (χ4n) is 3.54. The molecule has 2 fully saturated rings. The number of nitrogens with zero attached hydrogens (tertiary/aromatic N) is 1. The van der Waals surface area contributed by atoms with E-state index in [4.69, 9.17) is 0 Å². The van der Waals surface area contributed by atoms with E-state index >= 15 is 0 Å². The van der Waals surface area contributed by atoms with Gasteiger partial charge in [-0.05, 0) is 45.1 Å². The third-order valence-electron chi connectivity index (χ3n) is 4.91. The molecule has 1 unspecified atom stereocenters. The maximum Gasteiger partial charge on any atom is 0.136 e. The summed E-state index contributed by atoms with van der Waals surface area (Å²) in [6.45, 7) is 8.10. The van der Waals surface area contributed by atoms with Gasteiger partial charge in [-0.25, -0.2) is 0 Å². The predicted molar refractivity (Wildman–Crippen MR) is 71.0 cm³/mol. The number of hydrogen-bond acceptors (Lipinski definition) is 2. The molecule has 1 saturated carbocycles. The van der Waals surface area contributed by atoms with Crippen LogP contribution in [0.5, 0.6) is 0 Å². The lowest BCUT2D eigenvalue weighted by Gasteiger charge is -2.35. The van der Waals surface area contributed by atoms with Crippen LogP contribution in [-0.4, -0.2) is 29.8 Å². The summed E-state index contributed by atoms with van der Waals surface area (Å²) in [5, 5.41) is 0. The highest BCUT2D eigenvalue weighted by Crippen LogP contribution is 2.36. The van der Waals surface area contributed by atoms with Crippen LogP contribution in [0.15, 0.2) is 0 Å². The number of Topliss-reactive ketones (excluding diaryl/α,β-unsaturated/α-hetero) is 1. The van der Waals surface area contributed by atoms with E-state index in [0.717, 1.165) is 18.5 Å². The van der Waals surface area contributed by atoms with Crippen molar-refractivity contribution < 1.29 is 4.79 Å². The molecule has 1 atom stereocenters. The number of carbonyl (C=O) groups excluding carboxylic acids is 1. The van der Waals surface area contributed by atoms with Crippen molar-refractivity contribution in [3.05, 3.63) is 0 Å². The molecule has 1 saturated heterocycles. The average molecular weight is 237 g/mol. The second-order valence-corrected chi connectivity index (χ2v) is 6.66. The Morgan fingerprint density at radius 2 is 1.82 bits per heavy atom. The first kappa shape index (κ1) is 13.1. The lowest BCUT2D eigenvalue weighted by molar-refractivity contribution is -0.126. The molecule has 98 valence electrons. The van der Waals surface area contributed by atoms with Crippen LogP contribution in [0.3, 0.4) is 0 Å². The van der Waals surface area contributed by atoms with Crippen molar-refractivity contribution in [3.8, 4) is 0 Å². The zero-order valence-electron chi connectivity index (χ0n) is 11.7. The predicted octanol–water partition coefficient (Wildman–Crippen LogP) is 3.26. The smallest absolute Gasteiger partial charge is 0.136 e. The first-order chi connectivity index (χ1) is 8.00. The minimum atomic E-state index is -0.165. The summed E-state index contributed by atoms with van der Waals surface area (Å²) in [5.41, 5.74) is -0.165. The van der Waals surface area contributed by atoms with Gasteiger partial charge in [0.1, 0.15) is 5.78 Å².